The lowest BCUT2D eigenvalue weighted by Crippen LogP contribution is -2.56. The van der Waals surface area contributed by atoms with Crippen LogP contribution in [0.15, 0.2) is 48.5 Å². The molecule has 1 heterocycles. The van der Waals surface area contributed by atoms with Crippen molar-refractivity contribution < 1.29 is 24.2 Å². The summed E-state index contributed by atoms with van der Waals surface area (Å²) in [5.74, 6) is -1.51. The Morgan fingerprint density at radius 3 is 2.03 bits per heavy atom. The second-order valence-electron chi connectivity index (χ2n) is 10.2. The maximum Gasteiger partial charge on any atom is 0.407 e. The molecule has 1 saturated heterocycles. The Kier molecular flexibility index (Phi) is 6.64. The zero-order valence-corrected chi connectivity index (χ0v) is 19.9. The Hall–Kier alpha value is -3.35. The fraction of sp³-hybridized carbons (Fsp3) is 0.444. The van der Waals surface area contributed by atoms with Crippen LogP contribution in [-0.4, -0.2) is 53.7 Å². The van der Waals surface area contributed by atoms with Crippen LogP contribution in [0.4, 0.5) is 4.79 Å². The number of carbonyl (C=O) groups is 3. The number of benzene rings is 2. The quantitative estimate of drug-likeness (QED) is 0.689. The van der Waals surface area contributed by atoms with Crippen LogP contribution in [-0.2, 0) is 14.3 Å². The zero-order valence-electron chi connectivity index (χ0n) is 19.9. The van der Waals surface area contributed by atoms with Gasteiger partial charge in [0.25, 0.3) is 0 Å². The van der Waals surface area contributed by atoms with Gasteiger partial charge in [0.1, 0.15) is 12.6 Å². The fourth-order valence-corrected chi connectivity index (χ4v) is 4.94. The lowest BCUT2D eigenvalue weighted by atomic mass is 9.85. The van der Waals surface area contributed by atoms with Crippen molar-refractivity contribution in [1.29, 1.82) is 0 Å². The molecule has 1 aliphatic carbocycles. The lowest BCUT2D eigenvalue weighted by molar-refractivity contribution is -0.146. The Morgan fingerprint density at radius 2 is 1.53 bits per heavy atom. The van der Waals surface area contributed by atoms with Crippen molar-refractivity contribution in [2.45, 2.75) is 45.6 Å². The fourth-order valence-electron chi connectivity index (χ4n) is 4.94. The van der Waals surface area contributed by atoms with E-state index in [1.54, 1.807) is 4.90 Å². The number of carboxylic acids is 1. The zero-order chi connectivity index (χ0) is 24.5. The van der Waals surface area contributed by atoms with Crippen LogP contribution in [0.2, 0.25) is 0 Å². The summed E-state index contributed by atoms with van der Waals surface area (Å²) >= 11 is 0. The third-order valence-electron chi connectivity index (χ3n) is 6.87. The first kappa shape index (κ1) is 23.8. The van der Waals surface area contributed by atoms with E-state index in [1.165, 1.54) is 0 Å². The summed E-state index contributed by atoms with van der Waals surface area (Å²) < 4.78 is 5.65. The van der Waals surface area contributed by atoms with Crippen LogP contribution in [0.1, 0.15) is 50.7 Å². The molecular formula is C27H32N2O5. The maximum atomic E-state index is 13.3. The van der Waals surface area contributed by atoms with Crippen LogP contribution in [0.25, 0.3) is 11.1 Å². The number of amides is 2. The van der Waals surface area contributed by atoms with Crippen LogP contribution in [0.5, 0.6) is 0 Å². The first-order valence-corrected chi connectivity index (χ1v) is 11.8. The molecule has 1 fully saturated rings. The Labute approximate surface area is 200 Å². The van der Waals surface area contributed by atoms with Crippen molar-refractivity contribution in [3.05, 3.63) is 59.7 Å². The third kappa shape index (κ3) is 4.79. The van der Waals surface area contributed by atoms with E-state index in [4.69, 9.17) is 4.74 Å². The number of aliphatic carboxylic acids is 1. The van der Waals surface area contributed by atoms with E-state index in [2.05, 4.69) is 29.6 Å². The van der Waals surface area contributed by atoms with Crippen LogP contribution < -0.4 is 5.32 Å². The monoisotopic (exact) mass is 464 g/mol. The number of fused-ring (bicyclic) bond motifs is 3. The van der Waals surface area contributed by atoms with Gasteiger partial charge in [-0.1, -0.05) is 69.3 Å². The summed E-state index contributed by atoms with van der Waals surface area (Å²) in [6.45, 7) is 6.59. The third-order valence-corrected chi connectivity index (χ3v) is 6.87. The number of hydrogen-bond donors (Lipinski definition) is 2. The minimum absolute atomic E-state index is 0.0583. The van der Waals surface area contributed by atoms with Gasteiger partial charge in [-0.2, -0.15) is 0 Å². The highest BCUT2D eigenvalue weighted by molar-refractivity contribution is 5.87. The number of carbonyl (C=O) groups excluding carboxylic acids is 2. The molecule has 0 bridgehead atoms. The Morgan fingerprint density at radius 1 is 1.00 bits per heavy atom. The van der Waals surface area contributed by atoms with Gasteiger partial charge < -0.3 is 20.1 Å². The molecule has 2 aromatic carbocycles. The van der Waals surface area contributed by atoms with Gasteiger partial charge in [-0.05, 0) is 40.5 Å². The van der Waals surface area contributed by atoms with Gasteiger partial charge >= 0.3 is 12.1 Å². The number of ether oxygens (including phenoxy) is 1. The molecular weight excluding hydrogens is 432 g/mol. The van der Waals surface area contributed by atoms with E-state index < -0.39 is 29.4 Å². The lowest BCUT2D eigenvalue weighted by Gasteiger charge is -2.37. The molecule has 2 aromatic rings. The van der Waals surface area contributed by atoms with Crippen LogP contribution in [0, 0.1) is 11.3 Å². The highest BCUT2D eigenvalue weighted by Crippen LogP contribution is 2.44. The molecule has 180 valence electrons. The number of alkyl carbamates (subject to hydrolysis) is 1. The van der Waals surface area contributed by atoms with Crippen molar-refractivity contribution in [2.24, 2.45) is 11.3 Å². The van der Waals surface area contributed by atoms with Crippen LogP contribution >= 0.6 is 0 Å². The van der Waals surface area contributed by atoms with E-state index in [0.29, 0.717) is 25.9 Å². The molecule has 2 aliphatic rings. The highest BCUT2D eigenvalue weighted by atomic mass is 16.5. The van der Waals surface area contributed by atoms with Gasteiger partial charge in [0.2, 0.25) is 5.91 Å². The summed E-state index contributed by atoms with van der Waals surface area (Å²) in [6, 6.07) is 15.5. The highest BCUT2D eigenvalue weighted by Gasteiger charge is 2.38. The summed E-state index contributed by atoms with van der Waals surface area (Å²) in [5.41, 5.74) is 4.02. The second-order valence-corrected chi connectivity index (χ2v) is 10.2. The summed E-state index contributed by atoms with van der Waals surface area (Å²) in [6.07, 6.45) is 0.210. The molecule has 0 aromatic heterocycles. The summed E-state index contributed by atoms with van der Waals surface area (Å²) in [4.78, 5) is 39.0. The molecule has 4 rings (SSSR count). The Bertz CT molecular complexity index is 1040. The number of rotatable bonds is 5. The van der Waals surface area contributed by atoms with Crippen molar-refractivity contribution >= 4 is 18.0 Å². The number of likely N-dealkylation sites (tertiary alicyclic amines) is 1. The van der Waals surface area contributed by atoms with Crippen molar-refractivity contribution in [1.82, 2.24) is 10.2 Å². The number of nitrogens with zero attached hydrogens (tertiary/aromatic N) is 1. The topological polar surface area (TPSA) is 95.9 Å². The number of carboxylic acid groups (broad SMARTS) is 1. The predicted octanol–water partition coefficient (Wildman–Crippen LogP) is 4.26. The number of piperidine rings is 1. The maximum absolute atomic E-state index is 13.3. The van der Waals surface area contributed by atoms with Crippen molar-refractivity contribution in [2.75, 3.05) is 19.7 Å². The smallest absolute Gasteiger partial charge is 0.407 e. The number of hydrogen-bond acceptors (Lipinski definition) is 4. The summed E-state index contributed by atoms with van der Waals surface area (Å²) in [5, 5.41) is 12.0. The molecule has 2 amide bonds. The minimum atomic E-state index is -0.823. The predicted molar refractivity (Wildman–Crippen MR) is 128 cm³/mol. The van der Waals surface area contributed by atoms with Gasteiger partial charge in [-0.3, -0.25) is 9.59 Å². The molecule has 0 unspecified atom stereocenters. The van der Waals surface area contributed by atoms with Crippen LogP contribution in [0.3, 0.4) is 0 Å². The van der Waals surface area contributed by atoms with E-state index in [9.17, 15) is 19.5 Å². The minimum Gasteiger partial charge on any atom is -0.481 e. The molecule has 34 heavy (non-hydrogen) atoms. The van der Waals surface area contributed by atoms with Crippen molar-refractivity contribution in [3.8, 4) is 11.1 Å². The first-order valence-electron chi connectivity index (χ1n) is 11.8. The molecule has 0 spiro atoms. The molecule has 7 nitrogen and oxygen atoms in total. The molecule has 7 heteroatoms. The molecule has 1 atom stereocenters. The average molecular weight is 465 g/mol. The largest absolute Gasteiger partial charge is 0.481 e. The number of nitrogens with one attached hydrogen (secondary N) is 1. The molecule has 1 aliphatic heterocycles. The molecule has 2 N–H and O–H groups in total. The van der Waals surface area contributed by atoms with Gasteiger partial charge in [0, 0.05) is 19.0 Å². The molecule has 0 saturated carbocycles. The second kappa shape index (κ2) is 9.49. The summed E-state index contributed by atoms with van der Waals surface area (Å²) in [7, 11) is 0. The normalized spacial score (nSPS) is 17.0. The van der Waals surface area contributed by atoms with Gasteiger partial charge in [-0.25, -0.2) is 4.79 Å². The molecule has 0 radical (unpaired) electrons. The van der Waals surface area contributed by atoms with Gasteiger partial charge in [0.05, 0.1) is 5.92 Å². The van der Waals surface area contributed by atoms with Gasteiger partial charge in [-0.15, -0.1) is 0 Å². The average Bonchev–Trinajstić information content (AvgIpc) is 3.14. The SMILES string of the molecule is CC(C)(C)[C@@H](NC(=O)OCC1c2ccccc2-c2ccccc21)C(=O)N1CCC(C(=O)O)CC1. The van der Waals surface area contributed by atoms with E-state index >= 15 is 0 Å². The van der Waals surface area contributed by atoms with Crippen molar-refractivity contribution in [3.63, 3.8) is 0 Å². The van der Waals surface area contributed by atoms with Gasteiger partial charge in [0.15, 0.2) is 0 Å². The van der Waals surface area contributed by atoms with E-state index in [0.717, 1.165) is 22.3 Å². The Balaban J connectivity index is 1.42. The van der Waals surface area contributed by atoms with E-state index in [1.807, 2.05) is 45.0 Å². The standard InChI is InChI=1S/C27H32N2O5/c1-27(2,3)23(24(30)29-14-12-17(13-15-29)25(31)32)28-26(33)34-16-22-20-10-6-4-8-18(20)19-9-5-7-11-21(19)22/h4-11,17,22-23H,12-16H2,1-3H3,(H,28,33)(H,31,32)/t23-/m0/s1. The first-order chi connectivity index (χ1) is 16.2. The van der Waals surface area contributed by atoms with E-state index in [-0.39, 0.29) is 18.4 Å².